The minimum Gasteiger partial charge on any atom is -0.312 e. The number of rotatable bonds is 4. The fourth-order valence-electron chi connectivity index (χ4n) is 3.91. The van der Waals surface area contributed by atoms with Crippen LogP contribution < -0.4 is 5.32 Å². The Balaban J connectivity index is 1.69. The molecule has 2 saturated heterocycles. The first kappa shape index (κ1) is 14.9. The molecule has 116 valence electrons. The number of nitrogens with one attached hydrogen (secondary N) is 1. The van der Waals surface area contributed by atoms with Crippen molar-refractivity contribution in [3.05, 3.63) is 35.6 Å². The Kier molecular flexibility index (Phi) is 4.57. The molecule has 2 fully saturated rings. The molecule has 0 spiro atoms. The van der Waals surface area contributed by atoms with E-state index in [2.05, 4.69) is 22.2 Å². The van der Waals surface area contributed by atoms with Crippen LogP contribution in [-0.4, -0.2) is 55.6 Å². The normalized spacial score (nSPS) is 28.5. The average Bonchev–Trinajstić information content (AvgIpc) is 2.73. The summed E-state index contributed by atoms with van der Waals surface area (Å²) in [6, 6.07) is 8.61. The summed E-state index contributed by atoms with van der Waals surface area (Å²) in [5.41, 5.74) is 0.780. The zero-order valence-corrected chi connectivity index (χ0v) is 13.1. The molecule has 0 aliphatic carbocycles. The van der Waals surface area contributed by atoms with Crippen LogP contribution >= 0.6 is 0 Å². The first-order chi connectivity index (χ1) is 10.2. The molecule has 1 N–H and O–H groups in total. The first-order valence-corrected chi connectivity index (χ1v) is 8.05. The molecule has 3 unspecified atom stereocenters. The molecule has 3 rings (SSSR count). The smallest absolute Gasteiger partial charge is 0.128 e. The van der Waals surface area contributed by atoms with Gasteiger partial charge in [-0.15, -0.1) is 0 Å². The highest BCUT2D eigenvalue weighted by molar-refractivity contribution is 5.21. The number of hydrogen-bond acceptors (Lipinski definition) is 3. The fraction of sp³-hybridized carbons (Fsp3) is 0.647. The molecule has 1 aromatic rings. The van der Waals surface area contributed by atoms with Crippen molar-refractivity contribution < 1.29 is 4.39 Å². The van der Waals surface area contributed by atoms with E-state index in [1.807, 2.05) is 19.2 Å². The third-order valence-corrected chi connectivity index (χ3v) is 5.30. The Bertz CT molecular complexity index is 479. The summed E-state index contributed by atoms with van der Waals surface area (Å²) in [5, 5.41) is 3.29. The molecule has 21 heavy (non-hydrogen) atoms. The summed E-state index contributed by atoms with van der Waals surface area (Å²) >= 11 is 0. The lowest BCUT2D eigenvalue weighted by atomic mass is 10.0. The van der Waals surface area contributed by atoms with Gasteiger partial charge in [0, 0.05) is 36.8 Å². The van der Waals surface area contributed by atoms with Crippen LogP contribution in [0.5, 0.6) is 0 Å². The summed E-state index contributed by atoms with van der Waals surface area (Å²) in [7, 11) is 4.19. The van der Waals surface area contributed by atoms with Crippen molar-refractivity contribution in [1.29, 1.82) is 0 Å². The van der Waals surface area contributed by atoms with Gasteiger partial charge in [-0.05, 0) is 46.0 Å². The third-order valence-electron chi connectivity index (χ3n) is 5.30. The molecular formula is C17H26FN3. The number of hydrogen-bond donors (Lipinski definition) is 1. The molecule has 0 saturated carbocycles. The van der Waals surface area contributed by atoms with Crippen LogP contribution in [0.2, 0.25) is 0 Å². The Labute approximate surface area is 127 Å². The van der Waals surface area contributed by atoms with Crippen LogP contribution in [0.15, 0.2) is 24.3 Å². The Morgan fingerprint density at radius 2 is 2.00 bits per heavy atom. The largest absolute Gasteiger partial charge is 0.312 e. The number of likely N-dealkylation sites (N-methyl/N-ethyl adjacent to an activating group) is 2. The molecule has 2 bridgehead atoms. The van der Waals surface area contributed by atoms with Gasteiger partial charge in [0.05, 0.1) is 0 Å². The van der Waals surface area contributed by atoms with Crippen molar-refractivity contribution in [2.45, 2.75) is 37.4 Å². The zero-order chi connectivity index (χ0) is 14.8. The van der Waals surface area contributed by atoms with Crippen LogP contribution in [0.3, 0.4) is 0 Å². The van der Waals surface area contributed by atoms with Gasteiger partial charge in [-0.3, -0.25) is 9.80 Å². The predicted molar refractivity (Wildman–Crippen MR) is 83.8 cm³/mol. The van der Waals surface area contributed by atoms with Crippen molar-refractivity contribution in [2.24, 2.45) is 0 Å². The number of fused-ring (bicyclic) bond motifs is 2. The lowest BCUT2D eigenvalue weighted by molar-refractivity contribution is 0.206. The van der Waals surface area contributed by atoms with Gasteiger partial charge in [-0.2, -0.15) is 0 Å². The minimum absolute atomic E-state index is 0.0631. The minimum atomic E-state index is -0.106. The fourth-order valence-corrected chi connectivity index (χ4v) is 3.91. The number of likely N-dealkylation sites (tertiary alicyclic amines) is 1. The summed E-state index contributed by atoms with van der Waals surface area (Å²) in [4.78, 5) is 5.06. The zero-order valence-electron chi connectivity index (χ0n) is 13.1. The maximum absolute atomic E-state index is 14.0. The molecule has 2 aliphatic heterocycles. The predicted octanol–water partition coefficient (Wildman–Crippen LogP) is 2.25. The van der Waals surface area contributed by atoms with Gasteiger partial charge in [-0.25, -0.2) is 4.39 Å². The molecule has 0 aromatic heterocycles. The molecule has 1 aromatic carbocycles. The van der Waals surface area contributed by atoms with Crippen molar-refractivity contribution in [3.63, 3.8) is 0 Å². The molecule has 3 nitrogen and oxygen atoms in total. The van der Waals surface area contributed by atoms with Crippen LogP contribution in [0.4, 0.5) is 4.39 Å². The highest BCUT2D eigenvalue weighted by Crippen LogP contribution is 2.29. The second-order valence-electron chi connectivity index (χ2n) is 6.46. The van der Waals surface area contributed by atoms with Gasteiger partial charge in [0.15, 0.2) is 0 Å². The second-order valence-corrected chi connectivity index (χ2v) is 6.46. The van der Waals surface area contributed by atoms with Gasteiger partial charge in [-0.1, -0.05) is 18.2 Å². The van der Waals surface area contributed by atoms with Gasteiger partial charge >= 0.3 is 0 Å². The van der Waals surface area contributed by atoms with E-state index < -0.39 is 0 Å². The third kappa shape index (κ3) is 3.12. The van der Waals surface area contributed by atoms with Crippen molar-refractivity contribution in [3.8, 4) is 0 Å². The highest BCUT2D eigenvalue weighted by Gasteiger charge is 2.35. The van der Waals surface area contributed by atoms with E-state index in [4.69, 9.17) is 0 Å². The van der Waals surface area contributed by atoms with E-state index in [-0.39, 0.29) is 11.9 Å². The summed E-state index contributed by atoms with van der Waals surface area (Å²) < 4.78 is 14.0. The molecule has 0 amide bonds. The maximum Gasteiger partial charge on any atom is 0.128 e. The summed E-state index contributed by atoms with van der Waals surface area (Å²) in [6.07, 6.45) is 3.89. The van der Waals surface area contributed by atoms with E-state index in [0.717, 1.165) is 31.2 Å². The van der Waals surface area contributed by atoms with Crippen LogP contribution in [0.1, 0.15) is 30.9 Å². The summed E-state index contributed by atoms with van der Waals surface area (Å²) in [5.74, 6) is -0.106. The number of halogens is 1. The van der Waals surface area contributed by atoms with Gasteiger partial charge in [0.1, 0.15) is 5.82 Å². The van der Waals surface area contributed by atoms with Crippen LogP contribution in [0, 0.1) is 5.82 Å². The molecule has 4 heteroatoms. The van der Waals surface area contributed by atoms with Crippen LogP contribution in [-0.2, 0) is 0 Å². The maximum atomic E-state index is 14.0. The molecule has 2 heterocycles. The van der Waals surface area contributed by atoms with Crippen molar-refractivity contribution >= 4 is 0 Å². The molecule has 2 aliphatic rings. The van der Waals surface area contributed by atoms with E-state index in [1.165, 1.54) is 19.3 Å². The lowest BCUT2D eigenvalue weighted by Gasteiger charge is -2.29. The highest BCUT2D eigenvalue weighted by atomic mass is 19.1. The quantitative estimate of drug-likeness (QED) is 0.918. The summed E-state index contributed by atoms with van der Waals surface area (Å²) in [6.45, 7) is 3.12. The standard InChI is InChI=1S/C17H26FN3/c1-19-17(15-5-3-4-6-16(15)18)12-21-10-9-13-7-8-14(11-21)20(13)2/h3-6,13-14,17,19H,7-12H2,1-2H3. The Morgan fingerprint density at radius 3 is 2.76 bits per heavy atom. The molecule has 3 atom stereocenters. The van der Waals surface area contributed by atoms with Crippen molar-refractivity contribution in [2.75, 3.05) is 33.7 Å². The molecular weight excluding hydrogens is 265 g/mol. The molecule has 0 radical (unpaired) electrons. The average molecular weight is 291 g/mol. The Morgan fingerprint density at radius 1 is 1.24 bits per heavy atom. The van der Waals surface area contributed by atoms with E-state index in [1.54, 1.807) is 12.1 Å². The number of benzene rings is 1. The van der Waals surface area contributed by atoms with Gasteiger partial charge < -0.3 is 5.32 Å². The monoisotopic (exact) mass is 291 g/mol. The van der Waals surface area contributed by atoms with E-state index >= 15 is 0 Å². The van der Waals surface area contributed by atoms with Gasteiger partial charge in [0.25, 0.3) is 0 Å². The van der Waals surface area contributed by atoms with E-state index in [9.17, 15) is 4.39 Å². The second kappa shape index (κ2) is 6.42. The van der Waals surface area contributed by atoms with E-state index in [0.29, 0.717) is 6.04 Å². The lowest BCUT2D eigenvalue weighted by Crippen LogP contribution is -2.40. The Hall–Kier alpha value is -0.970. The van der Waals surface area contributed by atoms with Crippen LogP contribution in [0.25, 0.3) is 0 Å². The first-order valence-electron chi connectivity index (χ1n) is 8.05. The topological polar surface area (TPSA) is 18.5 Å². The van der Waals surface area contributed by atoms with Gasteiger partial charge in [0.2, 0.25) is 0 Å². The van der Waals surface area contributed by atoms with Crippen molar-refractivity contribution in [1.82, 2.24) is 15.1 Å². The number of nitrogens with zero attached hydrogens (tertiary/aromatic N) is 2. The SMILES string of the molecule is CNC(CN1CCC2CCC(C1)N2C)c1ccccc1F.